The molecule has 6 nitrogen and oxygen atoms in total. The molecule has 0 aliphatic rings. The van der Waals surface area contributed by atoms with E-state index in [0.717, 1.165) is 18.2 Å². The fourth-order valence-electron chi connectivity index (χ4n) is 1.66. The SMILES string of the molecule is O=C(O)CCC(=O)Nc1cc(OCC(F)(F)F)cc(OCC(F)(F)C(F)F)c1. The van der Waals surface area contributed by atoms with E-state index < -0.39 is 68.0 Å². The van der Waals surface area contributed by atoms with Crippen LogP contribution in [0.15, 0.2) is 18.2 Å². The largest absolute Gasteiger partial charge is 0.487 e. The average Bonchev–Trinajstić information content (AvgIpc) is 2.55. The third-order valence-electron chi connectivity index (χ3n) is 2.88. The van der Waals surface area contributed by atoms with Gasteiger partial charge in [0.15, 0.2) is 13.2 Å². The van der Waals surface area contributed by atoms with Gasteiger partial charge in [-0.1, -0.05) is 0 Å². The highest BCUT2D eigenvalue weighted by Crippen LogP contribution is 2.30. The predicted molar refractivity (Wildman–Crippen MR) is 79.9 cm³/mol. The van der Waals surface area contributed by atoms with Gasteiger partial charge in [0.05, 0.1) is 6.42 Å². The highest BCUT2D eigenvalue weighted by Gasteiger charge is 2.41. The number of carbonyl (C=O) groups is 2. The van der Waals surface area contributed by atoms with Gasteiger partial charge >= 0.3 is 24.5 Å². The standard InChI is InChI=1S/C15H14F7NO5/c16-13(17)14(18,19)6-27-9-3-8(23-11(24)1-2-12(25)26)4-10(5-9)28-7-15(20,21)22/h3-5,13H,1-2,6-7H2,(H,23,24)(H,25,26). The van der Waals surface area contributed by atoms with E-state index in [9.17, 15) is 40.3 Å². The lowest BCUT2D eigenvalue weighted by atomic mass is 10.2. The zero-order valence-corrected chi connectivity index (χ0v) is 13.9. The van der Waals surface area contributed by atoms with Crippen molar-refractivity contribution < 1.29 is 54.9 Å². The molecule has 0 atom stereocenters. The van der Waals surface area contributed by atoms with Crippen molar-refractivity contribution in [2.45, 2.75) is 31.4 Å². The third-order valence-corrected chi connectivity index (χ3v) is 2.88. The molecular weight excluding hydrogens is 407 g/mol. The number of alkyl halides is 7. The molecule has 0 radical (unpaired) electrons. The highest BCUT2D eigenvalue weighted by atomic mass is 19.4. The van der Waals surface area contributed by atoms with Crippen LogP contribution in [-0.2, 0) is 9.59 Å². The number of carboxylic acid groups (broad SMARTS) is 1. The number of amides is 1. The summed E-state index contributed by atoms with van der Waals surface area (Å²) in [5, 5.41) is 10.6. The second-order valence-corrected chi connectivity index (χ2v) is 5.39. The molecular formula is C15H14F7NO5. The lowest BCUT2D eigenvalue weighted by Crippen LogP contribution is -2.33. The van der Waals surface area contributed by atoms with Gasteiger partial charge in [-0.2, -0.15) is 22.0 Å². The Morgan fingerprint density at radius 1 is 0.964 bits per heavy atom. The first-order chi connectivity index (χ1) is 12.8. The molecule has 0 aromatic heterocycles. The molecule has 0 bridgehead atoms. The second kappa shape index (κ2) is 9.46. The molecule has 0 unspecified atom stereocenters. The van der Waals surface area contributed by atoms with Crippen molar-refractivity contribution in [1.82, 2.24) is 0 Å². The fourth-order valence-corrected chi connectivity index (χ4v) is 1.66. The first kappa shape index (κ1) is 23.3. The minimum Gasteiger partial charge on any atom is -0.487 e. The van der Waals surface area contributed by atoms with Gasteiger partial charge in [-0.15, -0.1) is 0 Å². The Hall–Kier alpha value is -2.73. The molecule has 28 heavy (non-hydrogen) atoms. The Balaban J connectivity index is 2.96. The quantitative estimate of drug-likeness (QED) is 0.563. The topological polar surface area (TPSA) is 84.9 Å². The van der Waals surface area contributed by atoms with Gasteiger partial charge in [0.25, 0.3) is 0 Å². The number of carbonyl (C=O) groups excluding carboxylic acids is 1. The van der Waals surface area contributed by atoms with E-state index in [1.165, 1.54) is 0 Å². The van der Waals surface area contributed by atoms with Crippen LogP contribution in [0.5, 0.6) is 11.5 Å². The normalized spacial score (nSPS) is 12.0. The molecule has 0 aliphatic heterocycles. The summed E-state index contributed by atoms with van der Waals surface area (Å²) in [4.78, 5) is 22.0. The van der Waals surface area contributed by atoms with E-state index in [1.807, 2.05) is 0 Å². The summed E-state index contributed by atoms with van der Waals surface area (Å²) < 4.78 is 95.9. The Bertz CT molecular complexity index is 694. The number of benzene rings is 1. The molecule has 1 aromatic carbocycles. The van der Waals surface area contributed by atoms with Crippen LogP contribution in [-0.4, -0.2) is 48.7 Å². The number of carboxylic acids is 1. The molecule has 0 saturated carbocycles. The lowest BCUT2D eigenvalue weighted by molar-refractivity contribution is -0.153. The predicted octanol–water partition coefficient (Wildman–Crippen LogP) is 3.71. The molecule has 0 heterocycles. The van der Waals surface area contributed by atoms with Gasteiger partial charge in [0.2, 0.25) is 5.91 Å². The fraction of sp³-hybridized carbons (Fsp3) is 0.467. The van der Waals surface area contributed by atoms with Gasteiger partial charge in [0, 0.05) is 30.3 Å². The summed E-state index contributed by atoms with van der Waals surface area (Å²) in [5.74, 6) is -7.78. The maximum absolute atomic E-state index is 12.9. The van der Waals surface area contributed by atoms with Crippen LogP contribution in [0, 0.1) is 0 Å². The zero-order valence-electron chi connectivity index (χ0n) is 13.9. The van der Waals surface area contributed by atoms with E-state index in [4.69, 9.17) is 5.11 Å². The monoisotopic (exact) mass is 421 g/mol. The first-order valence-corrected chi connectivity index (χ1v) is 7.43. The molecule has 0 aliphatic carbocycles. The molecule has 1 rings (SSSR count). The lowest BCUT2D eigenvalue weighted by Gasteiger charge is -2.17. The average molecular weight is 421 g/mol. The Morgan fingerprint density at radius 3 is 1.96 bits per heavy atom. The maximum atomic E-state index is 12.9. The van der Waals surface area contributed by atoms with Crippen molar-refractivity contribution in [2.24, 2.45) is 0 Å². The number of aliphatic carboxylic acids is 1. The van der Waals surface area contributed by atoms with Crippen LogP contribution in [0.1, 0.15) is 12.8 Å². The van der Waals surface area contributed by atoms with Crippen molar-refractivity contribution >= 4 is 17.6 Å². The van der Waals surface area contributed by atoms with E-state index in [1.54, 1.807) is 0 Å². The smallest absolute Gasteiger partial charge is 0.422 e. The number of rotatable bonds is 10. The molecule has 13 heteroatoms. The van der Waals surface area contributed by atoms with Crippen molar-refractivity contribution in [1.29, 1.82) is 0 Å². The summed E-state index contributed by atoms with van der Waals surface area (Å²) in [6, 6.07) is 2.50. The zero-order chi connectivity index (χ0) is 21.5. The minimum absolute atomic E-state index is 0.273. The second-order valence-electron chi connectivity index (χ2n) is 5.39. The van der Waals surface area contributed by atoms with Crippen LogP contribution in [0.4, 0.5) is 36.4 Å². The number of hydrogen-bond acceptors (Lipinski definition) is 4. The van der Waals surface area contributed by atoms with Gasteiger partial charge in [-0.25, -0.2) is 8.78 Å². The van der Waals surface area contributed by atoms with Crippen molar-refractivity contribution in [3.05, 3.63) is 18.2 Å². The molecule has 0 spiro atoms. The van der Waals surface area contributed by atoms with E-state index in [0.29, 0.717) is 0 Å². The molecule has 1 amide bonds. The van der Waals surface area contributed by atoms with Crippen LogP contribution in [0.25, 0.3) is 0 Å². The molecule has 158 valence electrons. The molecule has 0 fully saturated rings. The number of nitrogens with one attached hydrogen (secondary N) is 1. The Kier molecular flexibility index (Phi) is 7.88. The maximum Gasteiger partial charge on any atom is 0.422 e. The van der Waals surface area contributed by atoms with Gasteiger partial charge in [-0.05, 0) is 0 Å². The highest BCUT2D eigenvalue weighted by molar-refractivity contribution is 5.92. The first-order valence-electron chi connectivity index (χ1n) is 7.43. The van der Waals surface area contributed by atoms with E-state index >= 15 is 0 Å². The van der Waals surface area contributed by atoms with E-state index in [-0.39, 0.29) is 5.69 Å². The van der Waals surface area contributed by atoms with Crippen molar-refractivity contribution in [3.63, 3.8) is 0 Å². The summed E-state index contributed by atoms with van der Waals surface area (Å²) in [7, 11) is 0. The molecule has 0 saturated heterocycles. The summed E-state index contributed by atoms with van der Waals surface area (Å²) >= 11 is 0. The minimum atomic E-state index is -4.73. The van der Waals surface area contributed by atoms with Crippen LogP contribution >= 0.6 is 0 Å². The van der Waals surface area contributed by atoms with Crippen molar-refractivity contribution in [3.8, 4) is 11.5 Å². The number of anilines is 1. The summed E-state index contributed by atoms with van der Waals surface area (Å²) in [6.07, 6.45) is -9.79. The van der Waals surface area contributed by atoms with E-state index in [2.05, 4.69) is 14.8 Å². The summed E-state index contributed by atoms with van der Waals surface area (Å²) in [5.41, 5.74) is -0.273. The summed E-state index contributed by atoms with van der Waals surface area (Å²) in [6.45, 7) is -3.53. The molecule has 1 aromatic rings. The van der Waals surface area contributed by atoms with Gasteiger partial charge in [0.1, 0.15) is 11.5 Å². The number of ether oxygens (including phenoxy) is 2. The Morgan fingerprint density at radius 2 is 1.50 bits per heavy atom. The van der Waals surface area contributed by atoms with Gasteiger partial charge < -0.3 is 19.9 Å². The molecule has 2 N–H and O–H groups in total. The van der Waals surface area contributed by atoms with Gasteiger partial charge in [-0.3, -0.25) is 9.59 Å². The number of halogens is 7. The van der Waals surface area contributed by atoms with Crippen molar-refractivity contribution in [2.75, 3.05) is 18.5 Å². The van der Waals surface area contributed by atoms with Crippen LogP contribution in [0.3, 0.4) is 0 Å². The Labute approximate surface area is 153 Å². The van der Waals surface area contributed by atoms with Crippen LogP contribution in [0.2, 0.25) is 0 Å². The number of hydrogen-bond donors (Lipinski definition) is 2. The van der Waals surface area contributed by atoms with Crippen LogP contribution < -0.4 is 14.8 Å². The third kappa shape index (κ3) is 8.77.